The normalized spacial score (nSPS) is 16.5. The van der Waals surface area contributed by atoms with Crippen LogP contribution in [-0.4, -0.2) is 31.4 Å². The van der Waals surface area contributed by atoms with Crippen LogP contribution in [0.15, 0.2) is 18.2 Å². The number of carbonyl (C=O) groups excluding carboxylic acids is 2. The smallest absolute Gasteiger partial charge is 0.243 e. The van der Waals surface area contributed by atoms with Crippen LogP contribution in [-0.2, 0) is 9.59 Å². The van der Waals surface area contributed by atoms with E-state index in [-0.39, 0.29) is 30.8 Å². The van der Waals surface area contributed by atoms with Crippen LogP contribution in [0.1, 0.15) is 19.3 Å². The average molecular weight is 381 g/mol. The molecule has 0 radical (unpaired) electrons. The fraction of sp³-hybridized carbons (Fsp3) is 0.467. The molecule has 0 aliphatic carbocycles. The van der Waals surface area contributed by atoms with Crippen LogP contribution < -0.4 is 16.0 Å². The fourth-order valence-corrected chi connectivity index (χ4v) is 2.69. The van der Waals surface area contributed by atoms with E-state index in [4.69, 9.17) is 23.2 Å². The molecule has 1 atom stereocenters. The monoisotopic (exact) mass is 379 g/mol. The Balaban J connectivity index is 0.00000264. The zero-order chi connectivity index (χ0) is 15.9. The van der Waals surface area contributed by atoms with Gasteiger partial charge in [0, 0.05) is 11.4 Å². The van der Waals surface area contributed by atoms with Gasteiger partial charge in [0.1, 0.15) is 0 Å². The van der Waals surface area contributed by atoms with Gasteiger partial charge < -0.3 is 16.0 Å². The Morgan fingerprint density at radius 2 is 2.04 bits per heavy atom. The van der Waals surface area contributed by atoms with Gasteiger partial charge in [-0.05, 0) is 50.0 Å². The minimum absolute atomic E-state index is 0. The Hall–Kier alpha value is -1.01. The van der Waals surface area contributed by atoms with Gasteiger partial charge in [-0.3, -0.25) is 9.59 Å². The van der Waals surface area contributed by atoms with Crippen molar-refractivity contribution in [3.05, 3.63) is 28.2 Å². The third kappa shape index (κ3) is 6.96. The molecule has 1 saturated heterocycles. The van der Waals surface area contributed by atoms with Gasteiger partial charge in [0.15, 0.2) is 0 Å². The number of benzene rings is 1. The first kappa shape index (κ1) is 20.0. The van der Waals surface area contributed by atoms with Gasteiger partial charge >= 0.3 is 0 Å². The number of rotatable bonds is 6. The number of carbonyl (C=O) groups is 2. The van der Waals surface area contributed by atoms with Crippen LogP contribution >= 0.6 is 35.6 Å². The van der Waals surface area contributed by atoms with Crippen molar-refractivity contribution >= 4 is 53.1 Å². The van der Waals surface area contributed by atoms with Crippen LogP contribution in [0.5, 0.6) is 0 Å². The molecule has 0 spiro atoms. The van der Waals surface area contributed by atoms with Crippen molar-refractivity contribution in [2.24, 2.45) is 5.92 Å². The predicted octanol–water partition coefficient (Wildman–Crippen LogP) is 2.86. The Morgan fingerprint density at radius 1 is 1.26 bits per heavy atom. The van der Waals surface area contributed by atoms with E-state index in [0.717, 1.165) is 25.9 Å². The Morgan fingerprint density at radius 3 is 2.74 bits per heavy atom. The van der Waals surface area contributed by atoms with Gasteiger partial charge in [-0.2, -0.15) is 0 Å². The number of nitrogens with one attached hydrogen (secondary N) is 3. The molecule has 2 rings (SSSR count). The highest BCUT2D eigenvalue weighted by atomic mass is 35.5. The molecular weight excluding hydrogens is 361 g/mol. The molecule has 1 fully saturated rings. The summed E-state index contributed by atoms with van der Waals surface area (Å²) < 4.78 is 0. The van der Waals surface area contributed by atoms with Crippen molar-refractivity contribution in [3.63, 3.8) is 0 Å². The molecule has 1 aliphatic rings. The van der Waals surface area contributed by atoms with E-state index in [1.54, 1.807) is 18.2 Å². The standard InChI is InChI=1S/C15H19Cl2N3O2.ClH/c16-11-2-3-12(17)13(7-11)20-15(22)9-19-14(21)4-1-10-5-6-18-8-10;/h2-3,7,10,18H,1,4-6,8-9H2,(H,19,21)(H,20,22);1H. The molecular formula is C15H20Cl3N3O2. The van der Waals surface area contributed by atoms with Gasteiger partial charge in [-0.1, -0.05) is 23.2 Å². The minimum Gasteiger partial charge on any atom is -0.347 e. The molecule has 1 aromatic rings. The third-order valence-corrected chi connectivity index (χ3v) is 4.16. The SMILES string of the molecule is Cl.O=C(CCC1CCNC1)NCC(=O)Nc1cc(Cl)ccc1Cl. The Labute approximate surface area is 151 Å². The van der Waals surface area contributed by atoms with E-state index < -0.39 is 0 Å². The fourth-order valence-electron chi connectivity index (χ4n) is 2.35. The van der Waals surface area contributed by atoms with Crippen molar-refractivity contribution < 1.29 is 9.59 Å². The zero-order valence-corrected chi connectivity index (χ0v) is 14.9. The van der Waals surface area contributed by atoms with Crippen LogP contribution in [0, 0.1) is 5.92 Å². The summed E-state index contributed by atoms with van der Waals surface area (Å²) in [5.41, 5.74) is 0.436. The molecule has 3 N–H and O–H groups in total. The van der Waals surface area contributed by atoms with Gasteiger partial charge in [0.25, 0.3) is 0 Å². The summed E-state index contributed by atoms with van der Waals surface area (Å²) in [5, 5.41) is 9.38. The van der Waals surface area contributed by atoms with Crippen LogP contribution in [0.3, 0.4) is 0 Å². The molecule has 128 valence electrons. The highest BCUT2D eigenvalue weighted by Gasteiger charge is 2.16. The van der Waals surface area contributed by atoms with Crippen LogP contribution in [0.4, 0.5) is 5.69 Å². The number of hydrogen-bond donors (Lipinski definition) is 3. The van der Waals surface area contributed by atoms with Gasteiger partial charge in [0.2, 0.25) is 11.8 Å². The molecule has 8 heteroatoms. The van der Waals surface area contributed by atoms with Gasteiger partial charge in [0.05, 0.1) is 17.3 Å². The predicted molar refractivity (Wildman–Crippen MR) is 95.6 cm³/mol. The molecule has 0 bridgehead atoms. The molecule has 1 aromatic carbocycles. The van der Waals surface area contributed by atoms with Gasteiger partial charge in [-0.15, -0.1) is 12.4 Å². The Bertz CT molecular complexity index is 549. The molecule has 0 saturated carbocycles. The summed E-state index contributed by atoms with van der Waals surface area (Å²) in [6.45, 7) is 1.92. The highest BCUT2D eigenvalue weighted by Crippen LogP contribution is 2.25. The van der Waals surface area contributed by atoms with Crippen LogP contribution in [0.25, 0.3) is 0 Å². The summed E-state index contributed by atoms with van der Waals surface area (Å²) in [5.74, 6) is 0.115. The van der Waals surface area contributed by atoms with E-state index in [2.05, 4.69) is 16.0 Å². The number of hydrogen-bond acceptors (Lipinski definition) is 3. The van der Waals surface area contributed by atoms with E-state index in [1.165, 1.54) is 0 Å². The first-order chi connectivity index (χ1) is 10.5. The largest absolute Gasteiger partial charge is 0.347 e. The summed E-state index contributed by atoms with van der Waals surface area (Å²) in [4.78, 5) is 23.5. The third-order valence-electron chi connectivity index (χ3n) is 3.59. The first-order valence-electron chi connectivity index (χ1n) is 7.27. The maximum atomic E-state index is 11.8. The highest BCUT2D eigenvalue weighted by molar-refractivity contribution is 6.35. The molecule has 2 amide bonds. The van der Waals surface area contributed by atoms with Crippen LogP contribution in [0.2, 0.25) is 10.0 Å². The minimum atomic E-state index is -0.333. The molecule has 1 aliphatic heterocycles. The first-order valence-corrected chi connectivity index (χ1v) is 8.02. The average Bonchev–Trinajstić information content (AvgIpc) is 3.00. The zero-order valence-electron chi connectivity index (χ0n) is 12.5. The van der Waals surface area contributed by atoms with Crippen molar-refractivity contribution in [1.29, 1.82) is 0 Å². The van der Waals surface area contributed by atoms with E-state index >= 15 is 0 Å². The van der Waals surface area contributed by atoms with Crippen molar-refractivity contribution in [2.45, 2.75) is 19.3 Å². The second-order valence-corrected chi connectivity index (χ2v) is 6.19. The lowest BCUT2D eigenvalue weighted by Gasteiger charge is -2.10. The Kier molecular flexibility index (Phi) is 8.69. The summed E-state index contributed by atoms with van der Waals surface area (Å²) in [7, 11) is 0. The lowest BCUT2D eigenvalue weighted by atomic mass is 10.0. The lowest BCUT2D eigenvalue weighted by Crippen LogP contribution is -2.33. The summed E-state index contributed by atoms with van der Waals surface area (Å²) in [6.07, 6.45) is 2.40. The molecule has 1 unspecified atom stereocenters. The second-order valence-electron chi connectivity index (χ2n) is 5.35. The van der Waals surface area contributed by atoms with E-state index in [9.17, 15) is 9.59 Å². The number of amides is 2. The maximum Gasteiger partial charge on any atom is 0.243 e. The second kappa shape index (κ2) is 9.98. The number of anilines is 1. The van der Waals surface area contributed by atoms with E-state index in [0.29, 0.717) is 28.1 Å². The van der Waals surface area contributed by atoms with Gasteiger partial charge in [-0.25, -0.2) is 0 Å². The van der Waals surface area contributed by atoms with Crippen molar-refractivity contribution in [1.82, 2.24) is 10.6 Å². The molecule has 5 nitrogen and oxygen atoms in total. The molecule has 23 heavy (non-hydrogen) atoms. The number of halogens is 3. The lowest BCUT2D eigenvalue weighted by molar-refractivity contribution is -0.124. The molecule has 0 aromatic heterocycles. The van der Waals surface area contributed by atoms with Crippen molar-refractivity contribution in [2.75, 3.05) is 25.0 Å². The summed E-state index contributed by atoms with van der Waals surface area (Å²) >= 11 is 11.8. The molecule has 1 heterocycles. The van der Waals surface area contributed by atoms with E-state index in [1.807, 2.05) is 0 Å². The topological polar surface area (TPSA) is 70.2 Å². The maximum absolute atomic E-state index is 11.8. The quantitative estimate of drug-likeness (QED) is 0.711. The van der Waals surface area contributed by atoms with Crippen molar-refractivity contribution in [3.8, 4) is 0 Å². The summed E-state index contributed by atoms with van der Waals surface area (Å²) in [6, 6.07) is 4.81.